The number of halogens is 1. The summed E-state index contributed by atoms with van der Waals surface area (Å²) < 4.78 is 13.8. The van der Waals surface area contributed by atoms with E-state index in [-0.39, 0.29) is 30.5 Å². The molecule has 0 saturated carbocycles. The normalized spacial score (nSPS) is 17.7. The quantitative estimate of drug-likeness (QED) is 0.897. The Bertz CT molecular complexity index is 750. The maximum Gasteiger partial charge on any atom is 0.318 e. The minimum atomic E-state index is -0.342. The van der Waals surface area contributed by atoms with Crippen molar-refractivity contribution in [3.05, 3.63) is 71.0 Å². The SMILES string of the molecule is CC(Cc1ccccc1F)NC(=O)N1CCc2ccccc2C1CO. The summed E-state index contributed by atoms with van der Waals surface area (Å²) in [5.74, 6) is -0.260. The number of aliphatic hydroxyl groups excluding tert-OH is 1. The zero-order valence-electron chi connectivity index (χ0n) is 14.3. The number of benzene rings is 2. The van der Waals surface area contributed by atoms with Crippen molar-refractivity contribution in [2.24, 2.45) is 0 Å². The number of hydrogen-bond acceptors (Lipinski definition) is 2. The first-order valence-corrected chi connectivity index (χ1v) is 8.59. The first kappa shape index (κ1) is 17.4. The molecular formula is C20H23FN2O2. The predicted octanol–water partition coefficient (Wildman–Crippen LogP) is 3.06. The monoisotopic (exact) mass is 342 g/mol. The lowest BCUT2D eigenvalue weighted by atomic mass is 9.93. The van der Waals surface area contributed by atoms with Crippen LogP contribution in [0.3, 0.4) is 0 Å². The highest BCUT2D eigenvalue weighted by molar-refractivity contribution is 5.75. The fraction of sp³-hybridized carbons (Fsp3) is 0.350. The Balaban J connectivity index is 1.68. The van der Waals surface area contributed by atoms with Gasteiger partial charge in [-0.05, 0) is 42.5 Å². The van der Waals surface area contributed by atoms with Crippen molar-refractivity contribution >= 4 is 6.03 Å². The molecule has 2 atom stereocenters. The second-order valence-corrected chi connectivity index (χ2v) is 6.49. The molecule has 0 aromatic heterocycles. The molecule has 2 unspecified atom stereocenters. The zero-order chi connectivity index (χ0) is 17.8. The van der Waals surface area contributed by atoms with Crippen molar-refractivity contribution in [2.45, 2.75) is 31.8 Å². The van der Waals surface area contributed by atoms with Crippen LogP contribution in [0.1, 0.15) is 29.7 Å². The fourth-order valence-corrected chi connectivity index (χ4v) is 3.43. The number of urea groups is 1. The summed E-state index contributed by atoms with van der Waals surface area (Å²) in [6.07, 6.45) is 1.19. The minimum Gasteiger partial charge on any atom is -0.394 e. The maximum atomic E-state index is 13.8. The number of nitrogens with zero attached hydrogens (tertiary/aromatic N) is 1. The van der Waals surface area contributed by atoms with Gasteiger partial charge in [0.25, 0.3) is 0 Å². The van der Waals surface area contributed by atoms with E-state index in [0.29, 0.717) is 18.5 Å². The maximum absolute atomic E-state index is 13.8. The molecular weight excluding hydrogens is 319 g/mol. The molecule has 0 aliphatic carbocycles. The summed E-state index contributed by atoms with van der Waals surface area (Å²) in [6.45, 7) is 2.29. The molecule has 2 N–H and O–H groups in total. The molecule has 0 fully saturated rings. The zero-order valence-corrected chi connectivity index (χ0v) is 14.3. The van der Waals surface area contributed by atoms with Crippen LogP contribution in [0.15, 0.2) is 48.5 Å². The highest BCUT2D eigenvalue weighted by Gasteiger charge is 2.30. The van der Waals surface area contributed by atoms with E-state index in [1.165, 1.54) is 11.6 Å². The van der Waals surface area contributed by atoms with Gasteiger partial charge in [0.05, 0.1) is 12.6 Å². The van der Waals surface area contributed by atoms with E-state index in [9.17, 15) is 14.3 Å². The van der Waals surface area contributed by atoms with Gasteiger partial charge in [-0.25, -0.2) is 9.18 Å². The van der Waals surface area contributed by atoms with E-state index < -0.39 is 0 Å². The largest absolute Gasteiger partial charge is 0.394 e. The van der Waals surface area contributed by atoms with Gasteiger partial charge in [-0.15, -0.1) is 0 Å². The molecule has 2 aromatic carbocycles. The fourth-order valence-electron chi connectivity index (χ4n) is 3.43. The standard InChI is InChI=1S/C20H23FN2O2/c1-14(12-16-7-3-5-9-18(16)21)22-20(25)23-11-10-15-6-2-4-8-17(15)19(23)13-24/h2-9,14,19,24H,10-13H2,1H3,(H,22,25). The van der Waals surface area contributed by atoms with E-state index >= 15 is 0 Å². The lowest BCUT2D eigenvalue weighted by Crippen LogP contribution is -2.49. The lowest BCUT2D eigenvalue weighted by Gasteiger charge is -2.37. The van der Waals surface area contributed by atoms with Gasteiger partial charge >= 0.3 is 6.03 Å². The molecule has 0 spiro atoms. The molecule has 5 heteroatoms. The Morgan fingerprint density at radius 1 is 1.28 bits per heavy atom. The number of hydrogen-bond donors (Lipinski definition) is 2. The molecule has 2 aromatic rings. The van der Waals surface area contributed by atoms with Crippen LogP contribution in [0.4, 0.5) is 9.18 Å². The third-order valence-corrected chi connectivity index (χ3v) is 4.70. The number of fused-ring (bicyclic) bond motifs is 1. The third-order valence-electron chi connectivity index (χ3n) is 4.70. The summed E-state index contributed by atoms with van der Waals surface area (Å²) in [7, 11) is 0. The molecule has 1 heterocycles. The first-order valence-electron chi connectivity index (χ1n) is 8.59. The molecule has 3 rings (SSSR count). The molecule has 1 aliphatic rings. The topological polar surface area (TPSA) is 52.6 Å². The van der Waals surface area contributed by atoms with E-state index in [2.05, 4.69) is 5.32 Å². The Morgan fingerprint density at radius 3 is 2.76 bits per heavy atom. The molecule has 4 nitrogen and oxygen atoms in total. The highest BCUT2D eigenvalue weighted by Crippen LogP contribution is 2.29. The van der Waals surface area contributed by atoms with Crippen molar-refractivity contribution in [1.82, 2.24) is 10.2 Å². The van der Waals surface area contributed by atoms with E-state index in [4.69, 9.17) is 0 Å². The molecule has 2 amide bonds. The van der Waals surface area contributed by atoms with Crippen molar-refractivity contribution in [1.29, 1.82) is 0 Å². The van der Waals surface area contributed by atoms with Crippen LogP contribution >= 0.6 is 0 Å². The molecule has 0 bridgehead atoms. The number of carbonyl (C=O) groups is 1. The van der Waals surface area contributed by atoms with Crippen LogP contribution < -0.4 is 5.32 Å². The van der Waals surface area contributed by atoms with E-state index in [1.807, 2.05) is 31.2 Å². The van der Waals surface area contributed by atoms with Crippen LogP contribution in [0.5, 0.6) is 0 Å². The Morgan fingerprint density at radius 2 is 2.00 bits per heavy atom. The van der Waals surface area contributed by atoms with Crippen LogP contribution in [0.25, 0.3) is 0 Å². The molecule has 0 radical (unpaired) electrons. The number of rotatable bonds is 4. The lowest BCUT2D eigenvalue weighted by molar-refractivity contribution is 0.125. The second-order valence-electron chi connectivity index (χ2n) is 6.49. The summed E-state index contributed by atoms with van der Waals surface area (Å²) >= 11 is 0. The first-order chi connectivity index (χ1) is 12.1. The number of aliphatic hydroxyl groups is 1. The smallest absolute Gasteiger partial charge is 0.318 e. The van der Waals surface area contributed by atoms with Gasteiger partial charge < -0.3 is 15.3 Å². The summed E-state index contributed by atoms with van der Waals surface area (Å²) in [6, 6.07) is 13.7. The Labute approximate surface area is 147 Å². The summed E-state index contributed by atoms with van der Waals surface area (Å²) in [5, 5.41) is 12.7. The van der Waals surface area contributed by atoms with Crippen molar-refractivity contribution in [3.63, 3.8) is 0 Å². The Hall–Kier alpha value is -2.40. The van der Waals surface area contributed by atoms with Gasteiger partial charge in [0.1, 0.15) is 5.82 Å². The minimum absolute atomic E-state index is 0.119. The van der Waals surface area contributed by atoms with Gasteiger partial charge in [-0.1, -0.05) is 42.5 Å². The summed E-state index contributed by atoms with van der Waals surface area (Å²) in [4.78, 5) is 14.3. The van der Waals surface area contributed by atoms with Crippen LogP contribution in [0.2, 0.25) is 0 Å². The van der Waals surface area contributed by atoms with Crippen molar-refractivity contribution in [2.75, 3.05) is 13.2 Å². The molecule has 25 heavy (non-hydrogen) atoms. The van der Waals surface area contributed by atoms with Gasteiger partial charge in [-0.2, -0.15) is 0 Å². The molecule has 1 aliphatic heterocycles. The van der Waals surface area contributed by atoms with E-state index in [0.717, 1.165) is 12.0 Å². The van der Waals surface area contributed by atoms with Gasteiger partial charge in [0, 0.05) is 12.6 Å². The average molecular weight is 342 g/mol. The van der Waals surface area contributed by atoms with Gasteiger partial charge in [0.2, 0.25) is 0 Å². The van der Waals surface area contributed by atoms with E-state index in [1.54, 1.807) is 23.1 Å². The van der Waals surface area contributed by atoms with Crippen LogP contribution in [-0.4, -0.2) is 35.2 Å². The summed E-state index contributed by atoms with van der Waals surface area (Å²) in [5.41, 5.74) is 2.75. The third kappa shape index (κ3) is 3.82. The molecule has 132 valence electrons. The number of carbonyl (C=O) groups excluding carboxylic acids is 1. The highest BCUT2D eigenvalue weighted by atomic mass is 19.1. The van der Waals surface area contributed by atoms with Gasteiger partial charge in [0.15, 0.2) is 0 Å². The molecule has 0 saturated heterocycles. The van der Waals surface area contributed by atoms with Crippen LogP contribution in [0, 0.1) is 5.82 Å². The predicted molar refractivity (Wildman–Crippen MR) is 94.8 cm³/mol. The average Bonchev–Trinajstić information content (AvgIpc) is 2.62. The van der Waals surface area contributed by atoms with Gasteiger partial charge in [-0.3, -0.25) is 0 Å². The number of nitrogens with one attached hydrogen (secondary N) is 1. The number of amides is 2. The second kappa shape index (κ2) is 7.66. The Kier molecular flexibility index (Phi) is 5.34. The van der Waals surface area contributed by atoms with Crippen molar-refractivity contribution in [3.8, 4) is 0 Å². The van der Waals surface area contributed by atoms with Crippen molar-refractivity contribution < 1.29 is 14.3 Å². The van der Waals surface area contributed by atoms with Crippen LogP contribution in [-0.2, 0) is 12.8 Å².